The highest BCUT2D eigenvalue weighted by Gasteiger charge is 2.32. The van der Waals surface area contributed by atoms with Crippen LogP contribution in [0.4, 0.5) is 13.2 Å². The van der Waals surface area contributed by atoms with Gasteiger partial charge in [0.05, 0.1) is 5.56 Å². The maximum absolute atomic E-state index is 12.8. The molecule has 2 unspecified atom stereocenters. The summed E-state index contributed by atoms with van der Waals surface area (Å²) in [4.78, 5) is 14.6. The molecule has 27 heavy (non-hydrogen) atoms. The van der Waals surface area contributed by atoms with E-state index in [-0.39, 0.29) is 23.6 Å². The van der Waals surface area contributed by atoms with Crippen LogP contribution in [0.5, 0.6) is 11.5 Å². The van der Waals surface area contributed by atoms with E-state index in [2.05, 4.69) is 0 Å². The van der Waals surface area contributed by atoms with E-state index in [1.54, 1.807) is 29.2 Å². The number of halogens is 3. The molecular weight excluding hydrogens is 357 g/mol. The van der Waals surface area contributed by atoms with Crippen LogP contribution in [0.25, 0.3) is 0 Å². The Morgan fingerprint density at radius 3 is 2.48 bits per heavy atom. The van der Waals surface area contributed by atoms with Gasteiger partial charge in [-0.05, 0) is 62.2 Å². The summed E-state index contributed by atoms with van der Waals surface area (Å²) in [7, 11) is 0. The Morgan fingerprint density at radius 2 is 1.85 bits per heavy atom. The Morgan fingerprint density at radius 1 is 1.19 bits per heavy atom. The molecular formula is C20H21F3N2O2. The van der Waals surface area contributed by atoms with Gasteiger partial charge in [-0.25, -0.2) is 0 Å². The minimum Gasteiger partial charge on any atom is -0.457 e. The van der Waals surface area contributed by atoms with Crippen molar-refractivity contribution in [3.8, 4) is 11.5 Å². The number of carbonyl (C=O) groups is 1. The largest absolute Gasteiger partial charge is 0.457 e. The predicted octanol–water partition coefficient (Wildman–Crippen LogP) is 4.31. The summed E-state index contributed by atoms with van der Waals surface area (Å²) in [6.45, 7) is 3.12. The Balaban J connectivity index is 1.77. The van der Waals surface area contributed by atoms with Crippen molar-refractivity contribution in [1.82, 2.24) is 4.90 Å². The summed E-state index contributed by atoms with van der Waals surface area (Å²) >= 11 is 0. The second-order valence-corrected chi connectivity index (χ2v) is 6.80. The molecule has 0 spiro atoms. The molecule has 2 aromatic carbocycles. The zero-order valence-electron chi connectivity index (χ0n) is 14.9. The van der Waals surface area contributed by atoms with Crippen molar-refractivity contribution in [3.63, 3.8) is 0 Å². The van der Waals surface area contributed by atoms with Crippen molar-refractivity contribution in [3.05, 3.63) is 59.7 Å². The highest BCUT2D eigenvalue weighted by Crippen LogP contribution is 2.33. The van der Waals surface area contributed by atoms with Gasteiger partial charge in [0.25, 0.3) is 5.91 Å². The van der Waals surface area contributed by atoms with Gasteiger partial charge >= 0.3 is 6.18 Å². The number of rotatable bonds is 4. The van der Waals surface area contributed by atoms with Gasteiger partial charge in [0.2, 0.25) is 0 Å². The van der Waals surface area contributed by atoms with E-state index in [4.69, 9.17) is 10.5 Å². The summed E-state index contributed by atoms with van der Waals surface area (Å²) in [5.74, 6) is 0.524. The van der Waals surface area contributed by atoms with Crippen molar-refractivity contribution in [2.24, 2.45) is 11.7 Å². The highest BCUT2D eigenvalue weighted by atomic mass is 19.4. The first-order valence-electron chi connectivity index (χ1n) is 8.74. The lowest BCUT2D eigenvalue weighted by Gasteiger charge is -2.22. The predicted molar refractivity (Wildman–Crippen MR) is 95.6 cm³/mol. The fourth-order valence-corrected chi connectivity index (χ4v) is 3.33. The van der Waals surface area contributed by atoms with Gasteiger partial charge in [0, 0.05) is 18.2 Å². The molecule has 1 aliphatic rings. The first kappa shape index (κ1) is 19.2. The van der Waals surface area contributed by atoms with Gasteiger partial charge in [-0.2, -0.15) is 13.2 Å². The van der Waals surface area contributed by atoms with Crippen molar-refractivity contribution in [2.75, 3.05) is 13.1 Å². The standard InChI is InChI=1S/C20H21F3N2O2/c1-13-8-14(11-24)12-25(13)19(26)15-4-2-6-17(9-15)27-18-7-3-5-16(10-18)20(21,22)23/h2-7,9-10,13-14H,8,11-12,24H2,1H3. The van der Waals surface area contributed by atoms with Gasteiger partial charge in [0.1, 0.15) is 11.5 Å². The van der Waals surface area contributed by atoms with Crippen LogP contribution in [0.2, 0.25) is 0 Å². The van der Waals surface area contributed by atoms with Crippen LogP contribution < -0.4 is 10.5 Å². The summed E-state index contributed by atoms with van der Waals surface area (Å²) in [6, 6.07) is 11.2. The molecule has 3 rings (SSSR count). The molecule has 1 fully saturated rings. The van der Waals surface area contributed by atoms with E-state index in [9.17, 15) is 18.0 Å². The number of ether oxygens (including phenoxy) is 1. The molecule has 0 aliphatic carbocycles. The van der Waals surface area contributed by atoms with Gasteiger partial charge in [-0.1, -0.05) is 12.1 Å². The van der Waals surface area contributed by atoms with Gasteiger partial charge in [-0.15, -0.1) is 0 Å². The van der Waals surface area contributed by atoms with Crippen LogP contribution in [-0.4, -0.2) is 29.9 Å². The van der Waals surface area contributed by atoms with Crippen LogP contribution in [0.15, 0.2) is 48.5 Å². The Bertz CT molecular complexity index is 823. The SMILES string of the molecule is CC1CC(CN)CN1C(=O)c1cccc(Oc2cccc(C(F)(F)F)c2)c1. The monoisotopic (exact) mass is 378 g/mol. The normalized spacial score (nSPS) is 20.0. The van der Waals surface area contributed by atoms with Crippen molar-refractivity contribution in [2.45, 2.75) is 25.6 Å². The number of benzene rings is 2. The van der Waals surface area contributed by atoms with E-state index in [0.717, 1.165) is 18.6 Å². The molecule has 0 bridgehead atoms. The summed E-state index contributed by atoms with van der Waals surface area (Å²) < 4.78 is 44.0. The fourth-order valence-electron chi connectivity index (χ4n) is 3.33. The molecule has 1 heterocycles. The van der Waals surface area contributed by atoms with E-state index >= 15 is 0 Å². The second-order valence-electron chi connectivity index (χ2n) is 6.80. The maximum atomic E-state index is 12.8. The quantitative estimate of drug-likeness (QED) is 0.863. The fraction of sp³-hybridized carbons (Fsp3) is 0.350. The lowest BCUT2D eigenvalue weighted by atomic mass is 10.1. The first-order valence-corrected chi connectivity index (χ1v) is 8.74. The molecule has 1 amide bonds. The Hall–Kier alpha value is -2.54. The van der Waals surface area contributed by atoms with Crippen molar-refractivity contribution >= 4 is 5.91 Å². The average Bonchev–Trinajstić information content (AvgIpc) is 3.02. The smallest absolute Gasteiger partial charge is 0.416 e. The minimum absolute atomic E-state index is 0.0622. The van der Waals surface area contributed by atoms with Crippen LogP contribution in [0.1, 0.15) is 29.3 Å². The molecule has 1 aliphatic heterocycles. The van der Waals surface area contributed by atoms with Gasteiger partial charge in [-0.3, -0.25) is 4.79 Å². The molecule has 0 radical (unpaired) electrons. The number of amides is 1. The number of alkyl halides is 3. The first-order chi connectivity index (χ1) is 12.8. The second kappa shape index (κ2) is 7.60. The number of carbonyl (C=O) groups excluding carboxylic acids is 1. The molecule has 2 atom stereocenters. The van der Waals surface area contributed by atoms with Crippen LogP contribution in [0, 0.1) is 5.92 Å². The van der Waals surface area contributed by atoms with Crippen LogP contribution in [-0.2, 0) is 6.18 Å². The van der Waals surface area contributed by atoms with E-state index in [0.29, 0.717) is 24.4 Å². The van der Waals surface area contributed by atoms with Crippen molar-refractivity contribution < 1.29 is 22.7 Å². The number of nitrogens with two attached hydrogens (primary N) is 1. The molecule has 1 saturated heterocycles. The van der Waals surface area contributed by atoms with Gasteiger partial charge in [0.15, 0.2) is 0 Å². The topological polar surface area (TPSA) is 55.6 Å². The zero-order chi connectivity index (χ0) is 19.6. The Labute approximate surface area is 155 Å². The van der Waals surface area contributed by atoms with Crippen LogP contribution >= 0.6 is 0 Å². The maximum Gasteiger partial charge on any atom is 0.416 e. The molecule has 0 aromatic heterocycles. The molecule has 2 aromatic rings. The van der Waals surface area contributed by atoms with Crippen molar-refractivity contribution in [1.29, 1.82) is 0 Å². The van der Waals surface area contributed by atoms with E-state index in [1.165, 1.54) is 12.1 Å². The number of hydrogen-bond donors (Lipinski definition) is 1. The third-order valence-electron chi connectivity index (χ3n) is 4.73. The number of hydrogen-bond acceptors (Lipinski definition) is 3. The third kappa shape index (κ3) is 4.42. The average molecular weight is 378 g/mol. The van der Waals surface area contributed by atoms with E-state index in [1.807, 2.05) is 6.92 Å². The summed E-state index contributed by atoms with van der Waals surface area (Å²) in [5, 5.41) is 0. The minimum atomic E-state index is -4.44. The third-order valence-corrected chi connectivity index (χ3v) is 4.73. The van der Waals surface area contributed by atoms with Crippen LogP contribution in [0.3, 0.4) is 0 Å². The zero-order valence-corrected chi connectivity index (χ0v) is 14.9. The Kier molecular flexibility index (Phi) is 5.41. The van der Waals surface area contributed by atoms with Gasteiger partial charge < -0.3 is 15.4 Å². The number of likely N-dealkylation sites (tertiary alicyclic amines) is 1. The van der Waals surface area contributed by atoms with E-state index < -0.39 is 11.7 Å². The lowest BCUT2D eigenvalue weighted by Crippen LogP contribution is -2.34. The molecule has 0 saturated carbocycles. The number of nitrogens with zero attached hydrogens (tertiary/aromatic N) is 1. The molecule has 144 valence electrons. The lowest BCUT2D eigenvalue weighted by molar-refractivity contribution is -0.137. The summed E-state index contributed by atoms with van der Waals surface area (Å²) in [5.41, 5.74) is 5.36. The molecule has 7 heteroatoms. The highest BCUT2D eigenvalue weighted by molar-refractivity contribution is 5.95. The summed E-state index contributed by atoms with van der Waals surface area (Å²) in [6.07, 6.45) is -3.58. The molecule has 2 N–H and O–H groups in total. The molecule has 4 nitrogen and oxygen atoms in total.